The number of rotatable bonds is 3. The van der Waals surface area contributed by atoms with E-state index in [-0.39, 0.29) is 11.4 Å². The molecule has 3 rings (SSSR count). The van der Waals surface area contributed by atoms with Gasteiger partial charge in [0.1, 0.15) is 17.6 Å². The minimum Gasteiger partial charge on any atom is -0.444 e. The molecular formula is C15H15Cl2N3O. The van der Waals surface area contributed by atoms with Gasteiger partial charge in [0.25, 0.3) is 0 Å². The molecule has 110 valence electrons. The van der Waals surface area contributed by atoms with Crippen molar-refractivity contribution < 1.29 is 4.42 Å². The molecule has 0 saturated carbocycles. The lowest BCUT2D eigenvalue weighted by molar-refractivity contribution is 0.414. The van der Waals surface area contributed by atoms with Crippen LogP contribution in [0.3, 0.4) is 0 Å². The summed E-state index contributed by atoms with van der Waals surface area (Å²) >= 11 is 12.4. The molecule has 0 radical (unpaired) electrons. The fourth-order valence-electron chi connectivity index (χ4n) is 2.45. The van der Waals surface area contributed by atoms with Crippen LogP contribution in [0.1, 0.15) is 42.7 Å². The first-order chi connectivity index (χ1) is 9.97. The highest BCUT2D eigenvalue weighted by Crippen LogP contribution is 2.32. The summed E-state index contributed by atoms with van der Waals surface area (Å²) in [5, 5.41) is 0.433. The Bertz CT molecular complexity index is 791. The third kappa shape index (κ3) is 2.54. The molecule has 0 N–H and O–H groups in total. The standard InChI is InChI=1S/C15H15Cl2N3O/c1-8-7-18-15(21-8)10(3)20-13-6-11(17)4-5-12(13)19-14(20)9(2)16/h4-7,9-10H,1-3H3. The van der Waals surface area contributed by atoms with E-state index < -0.39 is 0 Å². The van der Waals surface area contributed by atoms with Gasteiger partial charge in [-0.2, -0.15) is 0 Å². The van der Waals surface area contributed by atoms with E-state index in [1.165, 1.54) is 0 Å². The topological polar surface area (TPSA) is 43.9 Å². The number of halogens is 2. The van der Waals surface area contributed by atoms with Gasteiger partial charge in [-0.05, 0) is 39.0 Å². The summed E-state index contributed by atoms with van der Waals surface area (Å²) in [5.41, 5.74) is 1.78. The molecule has 6 heteroatoms. The molecule has 4 nitrogen and oxygen atoms in total. The quantitative estimate of drug-likeness (QED) is 0.644. The van der Waals surface area contributed by atoms with Gasteiger partial charge in [-0.25, -0.2) is 9.97 Å². The second-order valence-corrected chi connectivity index (χ2v) is 6.17. The molecule has 0 saturated heterocycles. The summed E-state index contributed by atoms with van der Waals surface area (Å²) in [6.07, 6.45) is 1.71. The molecule has 0 amide bonds. The van der Waals surface area contributed by atoms with Crippen LogP contribution in [-0.4, -0.2) is 14.5 Å². The second-order valence-electron chi connectivity index (χ2n) is 5.07. The van der Waals surface area contributed by atoms with E-state index in [0.717, 1.165) is 22.6 Å². The Morgan fingerprint density at radius 3 is 2.67 bits per heavy atom. The molecule has 0 aliphatic heterocycles. The van der Waals surface area contributed by atoms with E-state index in [4.69, 9.17) is 27.6 Å². The van der Waals surface area contributed by atoms with Crippen molar-refractivity contribution in [1.82, 2.24) is 14.5 Å². The van der Waals surface area contributed by atoms with Crippen molar-refractivity contribution in [3.05, 3.63) is 46.9 Å². The highest BCUT2D eigenvalue weighted by Gasteiger charge is 2.23. The van der Waals surface area contributed by atoms with Gasteiger partial charge in [-0.3, -0.25) is 0 Å². The van der Waals surface area contributed by atoms with Gasteiger partial charge in [-0.15, -0.1) is 11.6 Å². The minimum absolute atomic E-state index is 0.113. The number of benzene rings is 1. The second kappa shape index (κ2) is 5.35. The van der Waals surface area contributed by atoms with Gasteiger partial charge >= 0.3 is 0 Å². The van der Waals surface area contributed by atoms with E-state index in [1.54, 1.807) is 6.20 Å². The molecule has 2 unspecified atom stereocenters. The SMILES string of the molecule is Cc1cnc(C(C)n2c(C(C)Cl)nc3ccc(Cl)cc32)o1. The van der Waals surface area contributed by atoms with Crippen molar-refractivity contribution in [1.29, 1.82) is 0 Å². The summed E-state index contributed by atoms with van der Waals surface area (Å²) in [4.78, 5) is 8.92. The van der Waals surface area contributed by atoms with Crippen molar-refractivity contribution in [2.45, 2.75) is 32.2 Å². The predicted molar refractivity (Wildman–Crippen MR) is 84.1 cm³/mol. The third-order valence-electron chi connectivity index (χ3n) is 3.42. The lowest BCUT2D eigenvalue weighted by atomic mass is 10.2. The van der Waals surface area contributed by atoms with Crippen LogP contribution in [0.4, 0.5) is 0 Å². The molecule has 3 aromatic rings. The fourth-order valence-corrected chi connectivity index (χ4v) is 2.77. The number of hydrogen-bond acceptors (Lipinski definition) is 3. The molecule has 2 atom stereocenters. The molecular weight excluding hydrogens is 309 g/mol. The number of alkyl halides is 1. The summed E-state index contributed by atoms with van der Waals surface area (Å²) < 4.78 is 7.68. The summed E-state index contributed by atoms with van der Waals surface area (Å²) in [7, 11) is 0. The van der Waals surface area contributed by atoms with Crippen molar-refractivity contribution in [3.8, 4) is 0 Å². The maximum absolute atomic E-state index is 6.29. The first-order valence-electron chi connectivity index (χ1n) is 6.71. The largest absolute Gasteiger partial charge is 0.444 e. The summed E-state index contributed by atoms with van der Waals surface area (Å²) in [5.74, 6) is 2.18. The van der Waals surface area contributed by atoms with Gasteiger partial charge in [0.2, 0.25) is 5.89 Å². The number of imidazole rings is 1. The highest BCUT2D eigenvalue weighted by molar-refractivity contribution is 6.31. The average molecular weight is 324 g/mol. The maximum Gasteiger partial charge on any atom is 0.217 e. The summed E-state index contributed by atoms with van der Waals surface area (Å²) in [6.45, 7) is 5.78. The zero-order chi connectivity index (χ0) is 15.1. The molecule has 0 aliphatic carbocycles. The van der Waals surface area contributed by atoms with Crippen LogP contribution in [0.5, 0.6) is 0 Å². The molecule has 0 fully saturated rings. The zero-order valence-corrected chi connectivity index (χ0v) is 13.5. The van der Waals surface area contributed by atoms with Crippen LogP contribution in [-0.2, 0) is 0 Å². The first-order valence-corrected chi connectivity index (χ1v) is 7.52. The Hall–Kier alpha value is -1.52. The number of aryl methyl sites for hydroxylation is 1. The average Bonchev–Trinajstić information content (AvgIpc) is 3.01. The van der Waals surface area contributed by atoms with Crippen molar-refractivity contribution >= 4 is 34.2 Å². The number of fused-ring (bicyclic) bond motifs is 1. The van der Waals surface area contributed by atoms with E-state index >= 15 is 0 Å². The van der Waals surface area contributed by atoms with Crippen LogP contribution in [0.15, 0.2) is 28.8 Å². The Balaban J connectivity index is 2.23. The smallest absolute Gasteiger partial charge is 0.217 e. The Morgan fingerprint density at radius 1 is 1.29 bits per heavy atom. The van der Waals surface area contributed by atoms with Crippen molar-refractivity contribution in [3.63, 3.8) is 0 Å². The van der Waals surface area contributed by atoms with Crippen molar-refractivity contribution in [2.75, 3.05) is 0 Å². The Kier molecular flexibility index (Phi) is 3.68. The first kappa shape index (κ1) is 14.4. The minimum atomic E-state index is -0.227. The molecule has 0 bridgehead atoms. The number of aromatic nitrogens is 3. The molecule has 2 heterocycles. The van der Waals surface area contributed by atoms with Gasteiger partial charge in [0, 0.05) is 5.02 Å². The maximum atomic E-state index is 6.29. The number of hydrogen-bond donors (Lipinski definition) is 0. The Morgan fingerprint density at radius 2 is 2.05 bits per heavy atom. The van der Waals surface area contributed by atoms with Crippen molar-refractivity contribution in [2.24, 2.45) is 0 Å². The van der Waals surface area contributed by atoms with E-state index in [1.807, 2.05) is 43.5 Å². The highest BCUT2D eigenvalue weighted by atomic mass is 35.5. The van der Waals surface area contributed by atoms with Gasteiger partial charge < -0.3 is 8.98 Å². The normalized spacial score (nSPS) is 14.5. The van der Waals surface area contributed by atoms with Crippen LogP contribution in [0, 0.1) is 6.92 Å². The molecule has 0 aliphatic rings. The lowest BCUT2D eigenvalue weighted by Gasteiger charge is -2.15. The fraction of sp³-hybridized carbons (Fsp3) is 0.333. The predicted octanol–water partition coefficient (Wildman–Crippen LogP) is 4.90. The third-order valence-corrected chi connectivity index (χ3v) is 3.85. The molecule has 1 aromatic carbocycles. The zero-order valence-electron chi connectivity index (χ0n) is 12.0. The summed E-state index contributed by atoms with van der Waals surface area (Å²) in [6, 6.07) is 5.49. The van der Waals surface area contributed by atoms with Crippen LogP contribution < -0.4 is 0 Å². The molecule has 21 heavy (non-hydrogen) atoms. The van der Waals surface area contributed by atoms with Gasteiger partial charge in [-0.1, -0.05) is 11.6 Å². The van der Waals surface area contributed by atoms with Crippen LogP contribution in [0.2, 0.25) is 5.02 Å². The van der Waals surface area contributed by atoms with Crippen LogP contribution >= 0.6 is 23.2 Å². The molecule has 2 aromatic heterocycles. The van der Waals surface area contributed by atoms with E-state index in [2.05, 4.69) is 9.97 Å². The Labute approximate surface area is 132 Å². The van der Waals surface area contributed by atoms with E-state index in [0.29, 0.717) is 10.9 Å². The number of oxazole rings is 1. The van der Waals surface area contributed by atoms with Gasteiger partial charge in [0.05, 0.1) is 22.6 Å². The van der Waals surface area contributed by atoms with Crippen LogP contribution in [0.25, 0.3) is 11.0 Å². The molecule has 0 spiro atoms. The monoisotopic (exact) mass is 323 g/mol. The van der Waals surface area contributed by atoms with Gasteiger partial charge in [0.15, 0.2) is 0 Å². The number of nitrogens with zero attached hydrogens (tertiary/aromatic N) is 3. The lowest BCUT2D eigenvalue weighted by Crippen LogP contribution is -2.11. The van der Waals surface area contributed by atoms with E-state index in [9.17, 15) is 0 Å².